The molecule has 0 aliphatic heterocycles. The van der Waals surface area contributed by atoms with E-state index in [0.717, 1.165) is 30.2 Å². The first-order chi connectivity index (χ1) is 7.75. The van der Waals surface area contributed by atoms with Crippen molar-refractivity contribution < 1.29 is 4.74 Å². The Morgan fingerprint density at radius 1 is 1.31 bits per heavy atom. The molecule has 88 valence electrons. The molecule has 1 rings (SSSR count). The highest BCUT2D eigenvalue weighted by molar-refractivity contribution is 7.84. The van der Waals surface area contributed by atoms with E-state index in [1.807, 2.05) is 25.1 Å². The first kappa shape index (κ1) is 13.1. The Bertz CT molecular complexity index is 331. The highest BCUT2D eigenvalue weighted by atomic mass is 32.1. The average molecular weight is 237 g/mol. The van der Waals surface area contributed by atoms with Crippen molar-refractivity contribution in [2.75, 3.05) is 20.3 Å². The molecule has 3 heteroatoms. The van der Waals surface area contributed by atoms with Crippen molar-refractivity contribution in [1.82, 2.24) is 5.32 Å². The summed E-state index contributed by atoms with van der Waals surface area (Å²) in [7, 11) is 1.72. The molecule has 0 heterocycles. The molecule has 0 unspecified atom stereocenters. The Balaban J connectivity index is 2.61. The van der Waals surface area contributed by atoms with Crippen molar-refractivity contribution in [3.05, 3.63) is 40.8 Å². The highest BCUT2D eigenvalue weighted by Gasteiger charge is 2.02. The summed E-state index contributed by atoms with van der Waals surface area (Å²) < 4.78 is 5.01. The molecule has 0 aliphatic rings. The number of rotatable bonds is 6. The van der Waals surface area contributed by atoms with E-state index in [0.29, 0.717) is 0 Å². The molecule has 0 atom stereocenters. The van der Waals surface area contributed by atoms with E-state index < -0.39 is 0 Å². The predicted octanol–water partition coefficient (Wildman–Crippen LogP) is 2.93. The Hall–Kier alpha value is -0.930. The van der Waals surface area contributed by atoms with Gasteiger partial charge < -0.3 is 10.1 Å². The van der Waals surface area contributed by atoms with E-state index in [-0.39, 0.29) is 0 Å². The van der Waals surface area contributed by atoms with Gasteiger partial charge in [0.25, 0.3) is 0 Å². The SMILES string of the molecule is COCCCN/C(=C(/C)S)c1ccccc1. The van der Waals surface area contributed by atoms with Crippen LogP contribution in [0.4, 0.5) is 0 Å². The van der Waals surface area contributed by atoms with Gasteiger partial charge >= 0.3 is 0 Å². The van der Waals surface area contributed by atoms with Crippen molar-refractivity contribution in [2.45, 2.75) is 13.3 Å². The summed E-state index contributed by atoms with van der Waals surface area (Å²) in [4.78, 5) is 1.00. The van der Waals surface area contributed by atoms with E-state index in [4.69, 9.17) is 4.74 Å². The largest absolute Gasteiger partial charge is 0.385 e. The van der Waals surface area contributed by atoms with Gasteiger partial charge in [0.1, 0.15) is 0 Å². The molecule has 0 fully saturated rings. The molecule has 1 aromatic carbocycles. The molecular weight excluding hydrogens is 218 g/mol. The van der Waals surface area contributed by atoms with Crippen molar-refractivity contribution in [1.29, 1.82) is 0 Å². The zero-order chi connectivity index (χ0) is 11.8. The summed E-state index contributed by atoms with van der Waals surface area (Å²) in [6.45, 7) is 3.67. The lowest BCUT2D eigenvalue weighted by molar-refractivity contribution is 0.195. The molecule has 0 aliphatic carbocycles. The number of benzene rings is 1. The molecule has 0 saturated heterocycles. The number of methoxy groups -OCH3 is 1. The van der Waals surface area contributed by atoms with Crippen LogP contribution in [0.5, 0.6) is 0 Å². The molecule has 16 heavy (non-hydrogen) atoms. The van der Waals surface area contributed by atoms with Gasteiger partial charge in [0, 0.05) is 25.2 Å². The molecule has 0 saturated carbocycles. The van der Waals surface area contributed by atoms with Gasteiger partial charge in [-0.3, -0.25) is 0 Å². The van der Waals surface area contributed by atoms with Crippen LogP contribution in [0.25, 0.3) is 5.70 Å². The van der Waals surface area contributed by atoms with E-state index in [1.165, 1.54) is 5.56 Å². The third-order valence-corrected chi connectivity index (χ3v) is 2.47. The number of ether oxygens (including phenoxy) is 1. The first-order valence-electron chi connectivity index (χ1n) is 5.43. The summed E-state index contributed by atoms with van der Waals surface area (Å²) in [6.07, 6.45) is 0.994. The average Bonchev–Trinajstić information content (AvgIpc) is 2.30. The fraction of sp³-hybridized carbons (Fsp3) is 0.385. The van der Waals surface area contributed by atoms with E-state index in [2.05, 4.69) is 30.1 Å². The van der Waals surface area contributed by atoms with Gasteiger partial charge in [-0.1, -0.05) is 30.3 Å². The van der Waals surface area contributed by atoms with Gasteiger partial charge in [0.15, 0.2) is 0 Å². The minimum absolute atomic E-state index is 0.778. The van der Waals surface area contributed by atoms with Gasteiger partial charge in [-0.25, -0.2) is 0 Å². The number of hydrogen-bond acceptors (Lipinski definition) is 3. The third-order valence-electron chi connectivity index (χ3n) is 2.25. The van der Waals surface area contributed by atoms with Crippen molar-refractivity contribution in [3.8, 4) is 0 Å². The second-order valence-electron chi connectivity index (χ2n) is 3.60. The highest BCUT2D eigenvalue weighted by Crippen LogP contribution is 2.17. The molecule has 0 amide bonds. The van der Waals surface area contributed by atoms with Crippen LogP contribution in [-0.4, -0.2) is 20.3 Å². The van der Waals surface area contributed by atoms with Crippen molar-refractivity contribution in [3.63, 3.8) is 0 Å². The van der Waals surface area contributed by atoms with E-state index in [9.17, 15) is 0 Å². The van der Waals surface area contributed by atoms with Gasteiger partial charge in [-0.05, 0) is 18.9 Å². The van der Waals surface area contributed by atoms with Crippen LogP contribution in [0, 0.1) is 0 Å². The molecule has 1 aromatic rings. The zero-order valence-corrected chi connectivity index (χ0v) is 10.8. The normalized spacial score (nSPS) is 12.2. The van der Waals surface area contributed by atoms with Crippen LogP contribution >= 0.6 is 12.6 Å². The fourth-order valence-electron chi connectivity index (χ4n) is 1.47. The van der Waals surface area contributed by atoms with Crippen LogP contribution in [0.15, 0.2) is 35.2 Å². The zero-order valence-electron chi connectivity index (χ0n) is 9.86. The summed E-state index contributed by atoms with van der Waals surface area (Å²) in [6, 6.07) is 10.2. The number of nitrogens with one attached hydrogen (secondary N) is 1. The molecule has 2 nitrogen and oxygen atoms in total. The predicted molar refractivity (Wildman–Crippen MR) is 72.5 cm³/mol. The summed E-state index contributed by atoms with van der Waals surface area (Å²) in [5.74, 6) is 0. The molecule has 0 aromatic heterocycles. The molecule has 0 spiro atoms. The second-order valence-corrected chi connectivity index (χ2v) is 4.27. The number of hydrogen-bond donors (Lipinski definition) is 2. The van der Waals surface area contributed by atoms with E-state index in [1.54, 1.807) is 7.11 Å². The topological polar surface area (TPSA) is 21.3 Å². The Morgan fingerprint density at radius 2 is 2.00 bits per heavy atom. The van der Waals surface area contributed by atoms with Crippen LogP contribution in [0.1, 0.15) is 18.9 Å². The van der Waals surface area contributed by atoms with Crippen molar-refractivity contribution in [2.24, 2.45) is 0 Å². The smallest absolute Gasteiger partial charge is 0.0504 e. The summed E-state index contributed by atoms with van der Waals surface area (Å²) >= 11 is 4.42. The van der Waals surface area contributed by atoms with Gasteiger partial charge in [-0.2, -0.15) is 0 Å². The van der Waals surface area contributed by atoms with Crippen LogP contribution in [-0.2, 0) is 4.74 Å². The van der Waals surface area contributed by atoms with Crippen molar-refractivity contribution >= 4 is 18.3 Å². The third kappa shape index (κ3) is 4.29. The van der Waals surface area contributed by atoms with Crippen LogP contribution in [0.2, 0.25) is 0 Å². The minimum Gasteiger partial charge on any atom is -0.385 e. The Morgan fingerprint density at radius 3 is 2.56 bits per heavy atom. The Kier molecular flexibility index (Phi) is 6.04. The van der Waals surface area contributed by atoms with Gasteiger partial charge in [-0.15, -0.1) is 12.6 Å². The molecule has 1 N–H and O–H groups in total. The molecule has 0 bridgehead atoms. The fourth-order valence-corrected chi connectivity index (χ4v) is 1.68. The summed E-state index contributed by atoms with van der Waals surface area (Å²) in [5.41, 5.74) is 2.27. The van der Waals surface area contributed by atoms with Gasteiger partial charge in [0.2, 0.25) is 0 Å². The van der Waals surface area contributed by atoms with E-state index >= 15 is 0 Å². The lowest BCUT2D eigenvalue weighted by Crippen LogP contribution is -2.16. The maximum Gasteiger partial charge on any atom is 0.0504 e. The number of thiol groups is 1. The maximum atomic E-state index is 5.01. The maximum absolute atomic E-state index is 5.01. The van der Waals surface area contributed by atoms with Crippen LogP contribution < -0.4 is 5.32 Å². The number of allylic oxidation sites excluding steroid dienone is 1. The first-order valence-corrected chi connectivity index (χ1v) is 5.88. The minimum atomic E-state index is 0.778. The standard InChI is InChI=1S/C13H19NOS/c1-11(16)13(14-9-6-10-15-2)12-7-4-3-5-8-12/h3-5,7-8,14,16H,6,9-10H2,1-2H3/b13-11-. The second kappa shape index (κ2) is 7.36. The Labute approximate surface area is 103 Å². The van der Waals surface area contributed by atoms with Gasteiger partial charge in [0.05, 0.1) is 5.70 Å². The van der Waals surface area contributed by atoms with Crippen LogP contribution in [0.3, 0.4) is 0 Å². The monoisotopic (exact) mass is 237 g/mol. The molecule has 0 radical (unpaired) electrons. The summed E-state index contributed by atoms with van der Waals surface area (Å²) in [5, 5.41) is 3.39. The lowest BCUT2D eigenvalue weighted by atomic mass is 10.1. The quantitative estimate of drug-likeness (QED) is 0.586. The lowest BCUT2D eigenvalue weighted by Gasteiger charge is -2.12. The molecular formula is C13H19NOS.